The van der Waals surface area contributed by atoms with Gasteiger partial charge in [-0.2, -0.15) is 0 Å². The minimum absolute atomic E-state index is 0.440. The molecule has 0 fully saturated rings. The molecule has 0 aromatic heterocycles. The summed E-state index contributed by atoms with van der Waals surface area (Å²) in [5, 5.41) is 8.41. The molecule has 1 atom stereocenters. The van der Waals surface area contributed by atoms with E-state index in [1.54, 1.807) is 24.3 Å². The van der Waals surface area contributed by atoms with E-state index in [1.807, 2.05) is 6.07 Å². The third-order valence-electron chi connectivity index (χ3n) is 1.32. The van der Waals surface area contributed by atoms with Gasteiger partial charge in [0, 0.05) is 0 Å². The van der Waals surface area contributed by atoms with E-state index in [0.717, 1.165) is 0 Å². The van der Waals surface area contributed by atoms with Gasteiger partial charge in [-0.15, -0.1) is 0 Å². The molecule has 0 amide bonds. The molecule has 0 heterocycles. The van der Waals surface area contributed by atoms with Crippen molar-refractivity contribution < 1.29 is 13.9 Å². The van der Waals surface area contributed by atoms with Crippen LogP contribution in [0.5, 0.6) is 0 Å². The first-order chi connectivity index (χ1) is 5.84. The number of hydrogen-bond acceptors (Lipinski definition) is 1. The molecular weight excluding hydrogens is 162 g/mol. The molecule has 12 heavy (non-hydrogen) atoms. The predicted octanol–water partition coefficient (Wildman–Crippen LogP) is 2.28. The van der Waals surface area contributed by atoms with Crippen molar-refractivity contribution in [2.75, 3.05) is 13.8 Å². The van der Waals surface area contributed by atoms with E-state index in [4.69, 9.17) is 5.11 Å². The smallest absolute Gasteiger partial charge is 0.148 e. The molecule has 1 aromatic carbocycles. The molecule has 0 bridgehead atoms. The molecule has 1 rings (SSSR count). The summed E-state index contributed by atoms with van der Waals surface area (Å²) in [5.74, 6) is 0. The predicted molar refractivity (Wildman–Crippen MR) is 44.4 cm³/mol. The molecule has 0 spiro atoms. The van der Waals surface area contributed by atoms with Crippen molar-refractivity contribution in [3.8, 4) is 0 Å². The first-order valence-corrected chi connectivity index (χ1v) is 3.52. The van der Waals surface area contributed by atoms with Gasteiger partial charge in [0.2, 0.25) is 0 Å². The van der Waals surface area contributed by atoms with E-state index in [2.05, 4.69) is 0 Å². The minimum atomic E-state index is -1.24. The van der Waals surface area contributed by atoms with E-state index >= 15 is 0 Å². The van der Waals surface area contributed by atoms with Crippen molar-refractivity contribution in [1.82, 2.24) is 0 Å². The summed E-state index contributed by atoms with van der Waals surface area (Å²) in [7, 11) is 0.500. The van der Waals surface area contributed by atoms with Gasteiger partial charge in [-0.1, -0.05) is 30.3 Å². The van der Waals surface area contributed by atoms with Crippen LogP contribution in [0.3, 0.4) is 0 Å². The zero-order valence-corrected chi connectivity index (χ0v) is 6.87. The highest BCUT2D eigenvalue weighted by Gasteiger charge is 2.04. The second-order valence-electron chi connectivity index (χ2n) is 2.06. The molecule has 68 valence electrons. The lowest BCUT2D eigenvalue weighted by atomic mass is 10.1. The molecule has 0 aliphatic carbocycles. The standard InChI is InChI=1S/C8H9FO.CH3F/c9-8(6-10)7-4-2-1-3-5-7;1-2/h1-5,8,10H,6H2;1H3. The maximum absolute atomic E-state index is 12.6. The molecule has 0 saturated heterocycles. The van der Waals surface area contributed by atoms with Crippen LogP contribution in [0.25, 0.3) is 0 Å². The maximum Gasteiger partial charge on any atom is 0.148 e. The van der Waals surface area contributed by atoms with Crippen molar-refractivity contribution in [1.29, 1.82) is 0 Å². The quantitative estimate of drug-likeness (QED) is 0.729. The fraction of sp³-hybridized carbons (Fsp3) is 0.333. The lowest BCUT2D eigenvalue weighted by molar-refractivity contribution is 0.180. The van der Waals surface area contributed by atoms with Crippen molar-refractivity contribution in [3.05, 3.63) is 35.9 Å². The molecule has 1 N–H and O–H groups in total. The summed E-state index contributed by atoms with van der Waals surface area (Å²) in [6.07, 6.45) is -1.24. The van der Waals surface area contributed by atoms with Gasteiger partial charge in [0.05, 0.1) is 13.8 Å². The molecule has 1 nitrogen and oxygen atoms in total. The first kappa shape index (κ1) is 11.0. The van der Waals surface area contributed by atoms with Gasteiger partial charge < -0.3 is 5.11 Å². The third kappa shape index (κ3) is 3.44. The largest absolute Gasteiger partial charge is 0.393 e. The average molecular weight is 174 g/mol. The number of rotatable bonds is 2. The van der Waals surface area contributed by atoms with Gasteiger partial charge in [-0.25, -0.2) is 4.39 Å². The second-order valence-corrected chi connectivity index (χ2v) is 2.06. The Balaban J connectivity index is 0.000000561. The third-order valence-corrected chi connectivity index (χ3v) is 1.32. The monoisotopic (exact) mass is 174 g/mol. The summed E-state index contributed by atoms with van der Waals surface area (Å²) >= 11 is 0. The number of aliphatic hydroxyl groups excluding tert-OH is 1. The summed E-state index contributed by atoms with van der Waals surface area (Å²) < 4.78 is 22.1. The van der Waals surface area contributed by atoms with Crippen LogP contribution >= 0.6 is 0 Å². The van der Waals surface area contributed by atoms with E-state index < -0.39 is 12.8 Å². The molecular formula is C9H12F2O. The number of aliphatic hydroxyl groups is 1. The van der Waals surface area contributed by atoms with Crippen LogP contribution in [0.4, 0.5) is 8.78 Å². The number of hydrogen-bond donors (Lipinski definition) is 1. The van der Waals surface area contributed by atoms with Gasteiger partial charge >= 0.3 is 0 Å². The van der Waals surface area contributed by atoms with Gasteiger partial charge in [-0.3, -0.25) is 4.39 Å². The number of halogens is 2. The highest BCUT2D eigenvalue weighted by Crippen LogP contribution is 2.14. The first-order valence-electron chi connectivity index (χ1n) is 3.52. The van der Waals surface area contributed by atoms with E-state index in [-0.39, 0.29) is 0 Å². The highest BCUT2D eigenvalue weighted by molar-refractivity contribution is 5.17. The Morgan fingerprint density at radius 2 is 1.75 bits per heavy atom. The zero-order valence-electron chi connectivity index (χ0n) is 6.87. The van der Waals surface area contributed by atoms with Gasteiger partial charge in [0.25, 0.3) is 0 Å². The Morgan fingerprint density at radius 1 is 1.25 bits per heavy atom. The van der Waals surface area contributed by atoms with Crippen LogP contribution < -0.4 is 0 Å². The molecule has 3 heteroatoms. The summed E-state index contributed by atoms with van der Waals surface area (Å²) in [5.41, 5.74) is 0.532. The zero-order chi connectivity index (χ0) is 9.40. The normalized spacial score (nSPS) is 11.3. The number of benzene rings is 1. The van der Waals surface area contributed by atoms with Crippen LogP contribution in [0.1, 0.15) is 11.7 Å². The topological polar surface area (TPSA) is 20.2 Å². The Bertz CT molecular complexity index is 189. The Labute approximate surface area is 70.7 Å². The van der Waals surface area contributed by atoms with Crippen molar-refractivity contribution in [3.63, 3.8) is 0 Å². The summed E-state index contributed by atoms with van der Waals surface area (Å²) in [4.78, 5) is 0. The average Bonchev–Trinajstić information content (AvgIpc) is 2.21. The Kier molecular flexibility index (Phi) is 6.19. The van der Waals surface area contributed by atoms with Crippen LogP contribution in [0.2, 0.25) is 0 Å². The lowest BCUT2D eigenvalue weighted by Crippen LogP contribution is -1.95. The molecule has 0 aliphatic heterocycles. The SMILES string of the molecule is CF.OCC(F)c1ccccc1. The van der Waals surface area contributed by atoms with Crippen LogP contribution in [-0.2, 0) is 0 Å². The van der Waals surface area contributed by atoms with Crippen molar-refractivity contribution in [2.45, 2.75) is 6.17 Å². The van der Waals surface area contributed by atoms with Crippen LogP contribution in [-0.4, -0.2) is 18.9 Å². The van der Waals surface area contributed by atoms with Gasteiger partial charge in [0.1, 0.15) is 6.17 Å². The molecule has 1 unspecified atom stereocenters. The molecule has 0 aliphatic rings. The van der Waals surface area contributed by atoms with Gasteiger partial charge in [0.15, 0.2) is 0 Å². The Morgan fingerprint density at radius 3 is 2.17 bits per heavy atom. The van der Waals surface area contributed by atoms with Gasteiger partial charge in [-0.05, 0) is 5.56 Å². The van der Waals surface area contributed by atoms with Crippen LogP contribution in [0.15, 0.2) is 30.3 Å². The summed E-state index contributed by atoms with van der Waals surface area (Å²) in [6, 6.07) is 8.62. The molecule has 0 radical (unpaired) electrons. The van der Waals surface area contributed by atoms with Crippen LogP contribution in [0, 0.1) is 0 Å². The van der Waals surface area contributed by atoms with Crippen molar-refractivity contribution in [2.24, 2.45) is 0 Å². The lowest BCUT2D eigenvalue weighted by Gasteiger charge is -2.02. The fourth-order valence-corrected chi connectivity index (χ4v) is 0.767. The van der Waals surface area contributed by atoms with E-state index in [1.165, 1.54) is 0 Å². The Hall–Kier alpha value is -0.960. The fourth-order valence-electron chi connectivity index (χ4n) is 0.767. The minimum Gasteiger partial charge on any atom is -0.393 e. The maximum atomic E-state index is 12.6. The second kappa shape index (κ2) is 6.73. The van der Waals surface area contributed by atoms with E-state index in [9.17, 15) is 8.78 Å². The summed E-state index contributed by atoms with van der Waals surface area (Å²) in [6.45, 7) is -0.440. The molecule has 0 saturated carbocycles. The van der Waals surface area contributed by atoms with E-state index in [0.29, 0.717) is 12.7 Å². The highest BCUT2D eigenvalue weighted by atomic mass is 19.1. The molecule has 1 aromatic rings. The number of alkyl halides is 2. The van der Waals surface area contributed by atoms with Crippen molar-refractivity contribution >= 4 is 0 Å².